The Labute approximate surface area is 113 Å². The highest BCUT2D eigenvalue weighted by molar-refractivity contribution is 5.78. The topological polar surface area (TPSA) is 43.1 Å². The van der Waals surface area contributed by atoms with Crippen molar-refractivity contribution in [3.8, 4) is 0 Å². The van der Waals surface area contributed by atoms with Crippen LogP contribution < -0.4 is 5.73 Å². The van der Waals surface area contributed by atoms with Crippen LogP contribution in [0.15, 0.2) is 0 Å². The minimum atomic E-state index is 0.490. The zero-order chi connectivity index (χ0) is 13.4. The van der Waals surface area contributed by atoms with E-state index in [1.54, 1.807) is 0 Å². The maximum atomic E-state index is 12.0. The number of Topliss-reactive ketones (excluding diaryl/α,β-unsaturated/α-hetero) is 1. The van der Waals surface area contributed by atoms with Crippen LogP contribution in [0.2, 0.25) is 0 Å². The number of nitrogens with two attached hydrogens (primary N) is 1. The zero-order valence-corrected chi connectivity index (χ0v) is 12.3. The molecule has 0 bridgehead atoms. The molecule has 0 aromatic heterocycles. The summed E-state index contributed by atoms with van der Waals surface area (Å²) < 4.78 is 0. The molecule has 1 aliphatic carbocycles. The van der Waals surface area contributed by atoms with E-state index in [0.717, 1.165) is 32.2 Å². The quantitative estimate of drug-likeness (QED) is 0.712. The van der Waals surface area contributed by atoms with Crippen molar-refractivity contribution >= 4 is 5.78 Å². The summed E-state index contributed by atoms with van der Waals surface area (Å²) in [6.45, 7) is 5.23. The number of ketones is 1. The third-order valence-electron chi connectivity index (χ3n) is 4.52. The lowest BCUT2D eigenvalue weighted by Gasteiger charge is -2.22. The first kappa shape index (κ1) is 15.7. The molecule has 106 valence electrons. The molecule has 1 saturated carbocycles. The van der Waals surface area contributed by atoms with Crippen molar-refractivity contribution in [1.82, 2.24) is 0 Å². The summed E-state index contributed by atoms with van der Waals surface area (Å²) in [4.78, 5) is 12.0. The first-order valence-electron chi connectivity index (χ1n) is 7.85. The molecule has 0 aliphatic heterocycles. The van der Waals surface area contributed by atoms with Gasteiger partial charge in [0.15, 0.2) is 0 Å². The Morgan fingerprint density at radius 3 is 2.39 bits per heavy atom. The molecule has 1 fully saturated rings. The Balaban J connectivity index is 2.21. The molecule has 0 radical (unpaired) electrons. The molecule has 2 N–H and O–H groups in total. The van der Waals surface area contributed by atoms with Gasteiger partial charge in [-0.2, -0.15) is 0 Å². The summed E-state index contributed by atoms with van der Waals surface area (Å²) in [7, 11) is 0. The summed E-state index contributed by atoms with van der Waals surface area (Å²) >= 11 is 0. The maximum absolute atomic E-state index is 12.0. The monoisotopic (exact) mass is 253 g/mol. The molecule has 0 spiro atoms. The van der Waals surface area contributed by atoms with Crippen LogP contribution in [-0.2, 0) is 4.79 Å². The second-order valence-electron chi connectivity index (χ2n) is 6.37. The summed E-state index contributed by atoms with van der Waals surface area (Å²) in [5, 5.41) is 0. The minimum absolute atomic E-state index is 0.490. The van der Waals surface area contributed by atoms with Crippen LogP contribution in [0.5, 0.6) is 0 Å². The van der Waals surface area contributed by atoms with Crippen LogP contribution in [0.25, 0.3) is 0 Å². The zero-order valence-electron chi connectivity index (χ0n) is 12.3. The Bertz CT molecular complexity index is 231. The second-order valence-corrected chi connectivity index (χ2v) is 6.37. The highest BCUT2D eigenvalue weighted by Gasteiger charge is 2.19. The highest BCUT2D eigenvalue weighted by Crippen LogP contribution is 2.28. The number of rotatable bonds is 8. The van der Waals surface area contributed by atoms with E-state index in [2.05, 4.69) is 13.8 Å². The van der Waals surface area contributed by atoms with Crippen LogP contribution in [-0.4, -0.2) is 12.3 Å². The van der Waals surface area contributed by atoms with Crippen LogP contribution >= 0.6 is 0 Å². The summed E-state index contributed by atoms with van der Waals surface area (Å²) in [5.41, 5.74) is 5.64. The Hall–Kier alpha value is -0.370. The molecular weight excluding hydrogens is 222 g/mol. The summed E-state index contributed by atoms with van der Waals surface area (Å²) in [5.74, 6) is 2.46. The predicted molar refractivity (Wildman–Crippen MR) is 77.4 cm³/mol. The number of carbonyl (C=O) groups excluding carboxylic acids is 1. The highest BCUT2D eigenvalue weighted by atomic mass is 16.1. The SMILES string of the molecule is CC(C)C(CCN)CCC(=O)CC1CCCCC1. The molecule has 1 aliphatic rings. The first-order chi connectivity index (χ1) is 8.63. The maximum Gasteiger partial charge on any atom is 0.133 e. The predicted octanol–water partition coefficient (Wildman–Crippen LogP) is 3.93. The standard InChI is InChI=1S/C16H31NO/c1-13(2)15(10-11-17)8-9-16(18)12-14-6-4-3-5-7-14/h13-15H,3-12,17H2,1-2H3. The Morgan fingerprint density at radius 1 is 1.17 bits per heavy atom. The van der Waals surface area contributed by atoms with Gasteiger partial charge in [-0.15, -0.1) is 0 Å². The molecule has 0 saturated heterocycles. The van der Waals surface area contributed by atoms with E-state index >= 15 is 0 Å². The lowest BCUT2D eigenvalue weighted by Crippen LogP contribution is -2.17. The van der Waals surface area contributed by atoms with Gasteiger partial charge in [0.25, 0.3) is 0 Å². The van der Waals surface area contributed by atoms with Gasteiger partial charge in [0.2, 0.25) is 0 Å². The van der Waals surface area contributed by atoms with E-state index in [1.165, 1.54) is 32.1 Å². The van der Waals surface area contributed by atoms with E-state index < -0.39 is 0 Å². The molecule has 2 nitrogen and oxygen atoms in total. The molecule has 0 heterocycles. The van der Waals surface area contributed by atoms with Crippen LogP contribution in [0.3, 0.4) is 0 Å². The molecule has 1 unspecified atom stereocenters. The van der Waals surface area contributed by atoms with Gasteiger partial charge in [0.05, 0.1) is 0 Å². The third-order valence-corrected chi connectivity index (χ3v) is 4.52. The third kappa shape index (κ3) is 5.99. The van der Waals surface area contributed by atoms with E-state index in [4.69, 9.17) is 5.73 Å². The first-order valence-corrected chi connectivity index (χ1v) is 7.85. The molecule has 18 heavy (non-hydrogen) atoms. The van der Waals surface area contributed by atoms with Gasteiger partial charge < -0.3 is 5.73 Å². The van der Waals surface area contributed by atoms with E-state index in [0.29, 0.717) is 23.5 Å². The van der Waals surface area contributed by atoms with Crippen molar-refractivity contribution in [3.63, 3.8) is 0 Å². The van der Waals surface area contributed by atoms with Crippen molar-refractivity contribution in [3.05, 3.63) is 0 Å². The molecular formula is C16H31NO. The van der Waals surface area contributed by atoms with Crippen molar-refractivity contribution in [2.24, 2.45) is 23.5 Å². The second kappa shape index (κ2) is 8.68. The fourth-order valence-corrected chi connectivity index (χ4v) is 3.19. The summed E-state index contributed by atoms with van der Waals surface area (Å²) in [6.07, 6.45) is 10.3. The lowest BCUT2D eigenvalue weighted by atomic mass is 9.83. The van der Waals surface area contributed by atoms with Crippen LogP contribution in [0.4, 0.5) is 0 Å². The molecule has 0 amide bonds. The average Bonchev–Trinajstić information content (AvgIpc) is 2.35. The van der Waals surface area contributed by atoms with Crippen molar-refractivity contribution in [2.45, 2.75) is 71.6 Å². The van der Waals surface area contributed by atoms with E-state index in [-0.39, 0.29) is 0 Å². The van der Waals surface area contributed by atoms with Gasteiger partial charge >= 0.3 is 0 Å². The normalized spacial score (nSPS) is 19.1. The molecule has 1 atom stereocenters. The summed E-state index contributed by atoms with van der Waals surface area (Å²) in [6, 6.07) is 0. The number of carbonyl (C=O) groups is 1. The Morgan fingerprint density at radius 2 is 1.83 bits per heavy atom. The van der Waals surface area contributed by atoms with Crippen molar-refractivity contribution < 1.29 is 4.79 Å². The molecule has 2 heteroatoms. The number of hydrogen-bond donors (Lipinski definition) is 1. The van der Waals surface area contributed by atoms with Gasteiger partial charge in [-0.25, -0.2) is 0 Å². The van der Waals surface area contributed by atoms with Gasteiger partial charge in [0, 0.05) is 12.8 Å². The number of hydrogen-bond acceptors (Lipinski definition) is 2. The molecule has 1 rings (SSSR count). The van der Waals surface area contributed by atoms with Crippen LogP contribution in [0, 0.1) is 17.8 Å². The molecule has 0 aromatic carbocycles. The largest absolute Gasteiger partial charge is 0.330 e. The minimum Gasteiger partial charge on any atom is -0.330 e. The lowest BCUT2D eigenvalue weighted by molar-refractivity contribution is -0.120. The Kier molecular flexibility index (Phi) is 7.57. The van der Waals surface area contributed by atoms with Gasteiger partial charge in [-0.1, -0.05) is 46.0 Å². The fourth-order valence-electron chi connectivity index (χ4n) is 3.19. The fraction of sp³-hybridized carbons (Fsp3) is 0.938. The van der Waals surface area contributed by atoms with Crippen molar-refractivity contribution in [1.29, 1.82) is 0 Å². The smallest absolute Gasteiger partial charge is 0.133 e. The van der Waals surface area contributed by atoms with Gasteiger partial charge in [0.1, 0.15) is 5.78 Å². The van der Waals surface area contributed by atoms with Gasteiger partial charge in [-0.05, 0) is 37.1 Å². The van der Waals surface area contributed by atoms with Gasteiger partial charge in [-0.3, -0.25) is 4.79 Å². The van der Waals surface area contributed by atoms with E-state index in [1.807, 2.05) is 0 Å². The van der Waals surface area contributed by atoms with E-state index in [9.17, 15) is 4.79 Å². The molecule has 0 aromatic rings. The average molecular weight is 253 g/mol. The van der Waals surface area contributed by atoms with Crippen LogP contribution in [0.1, 0.15) is 71.6 Å². The van der Waals surface area contributed by atoms with Crippen molar-refractivity contribution in [2.75, 3.05) is 6.54 Å².